The zero-order chi connectivity index (χ0) is 25.8. The molecule has 178 valence electrons. The summed E-state index contributed by atoms with van der Waals surface area (Å²) in [5.74, 6) is -4.09. The summed E-state index contributed by atoms with van der Waals surface area (Å²) in [6, 6.07) is 0. The van der Waals surface area contributed by atoms with E-state index in [1.807, 2.05) is 0 Å². The number of benzene rings is 2. The van der Waals surface area contributed by atoms with Crippen molar-refractivity contribution in [2.45, 2.75) is 40.5 Å². The van der Waals surface area contributed by atoms with Gasteiger partial charge < -0.3 is 25.2 Å². The summed E-state index contributed by atoms with van der Waals surface area (Å²) in [5.41, 5.74) is -3.10. The maximum Gasteiger partial charge on any atom is 0.233 e. The molecule has 0 saturated heterocycles. The first kappa shape index (κ1) is 22.4. The summed E-state index contributed by atoms with van der Waals surface area (Å²) >= 11 is 0. The predicted octanol–water partition coefficient (Wildman–Crippen LogP) is 2.19. The summed E-state index contributed by atoms with van der Waals surface area (Å²) in [4.78, 5) is 52.7. The van der Waals surface area contributed by atoms with Gasteiger partial charge in [0, 0.05) is 22.6 Å². The van der Waals surface area contributed by atoms with Crippen molar-refractivity contribution in [3.05, 3.63) is 84.7 Å². The Morgan fingerprint density at radius 3 is 1.57 bits per heavy atom. The summed E-state index contributed by atoms with van der Waals surface area (Å²) in [7, 11) is 0. The molecular formula is C26H20O9. The van der Waals surface area contributed by atoms with Crippen LogP contribution in [-0.2, 0) is 0 Å². The Labute approximate surface area is 196 Å². The lowest BCUT2D eigenvalue weighted by atomic mass is 9.84. The molecule has 35 heavy (non-hydrogen) atoms. The van der Waals surface area contributed by atoms with Gasteiger partial charge in [-0.1, -0.05) is 6.92 Å². The molecule has 0 amide bonds. The highest BCUT2D eigenvalue weighted by atomic mass is 16.5. The van der Waals surface area contributed by atoms with Crippen LogP contribution >= 0.6 is 0 Å². The fourth-order valence-corrected chi connectivity index (χ4v) is 5.01. The number of hydrogen-bond acceptors (Lipinski definition) is 9. The van der Waals surface area contributed by atoms with E-state index < -0.39 is 61.1 Å². The van der Waals surface area contributed by atoms with Crippen molar-refractivity contribution < 1.29 is 25.2 Å². The van der Waals surface area contributed by atoms with Gasteiger partial charge in [0.05, 0.1) is 26.8 Å². The standard InChI is InChI=1S/C26H20O9/c1-6-7(2)18(28)14-13(17(6)27)21(31)11-10(5)12-22(32)23(33)15-16(25(12)35-26(11)24(14)34)20(30)9(4)8(3)19(15)29/h10,29-30,32-33H,1-5H3. The number of hydrogen-bond donors (Lipinski definition) is 4. The largest absolute Gasteiger partial charge is 0.507 e. The maximum absolute atomic E-state index is 13.5. The van der Waals surface area contributed by atoms with Gasteiger partial charge in [-0.2, -0.15) is 0 Å². The molecule has 0 bridgehead atoms. The van der Waals surface area contributed by atoms with Gasteiger partial charge in [-0.05, 0) is 38.8 Å². The minimum atomic E-state index is -1.08. The number of rotatable bonds is 0. The second-order valence-electron chi connectivity index (χ2n) is 9.02. The molecule has 5 rings (SSSR count). The van der Waals surface area contributed by atoms with Crippen molar-refractivity contribution >= 4 is 10.8 Å². The summed E-state index contributed by atoms with van der Waals surface area (Å²) in [6.07, 6.45) is 0. The van der Waals surface area contributed by atoms with Gasteiger partial charge in [0.15, 0.2) is 33.5 Å². The molecule has 2 aromatic rings. The molecule has 4 N–H and O–H groups in total. The molecular weight excluding hydrogens is 456 g/mol. The van der Waals surface area contributed by atoms with Gasteiger partial charge in [0.1, 0.15) is 17.2 Å². The third-order valence-corrected chi connectivity index (χ3v) is 7.35. The third kappa shape index (κ3) is 2.47. The minimum Gasteiger partial charge on any atom is -0.507 e. The molecule has 0 aromatic heterocycles. The van der Waals surface area contributed by atoms with E-state index in [4.69, 9.17) is 4.74 Å². The topological polar surface area (TPSA) is 158 Å². The predicted molar refractivity (Wildman–Crippen MR) is 126 cm³/mol. The number of fused-ring (bicyclic) bond motifs is 4. The molecule has 0 fully saturated rings. The van der Waals surface area contributed by atoms with Crippen molar-refractivity contribution in [1.82, 2.24) is 0 Å². The number of phenols is 4. The van der Waals surface area contributed by atoms with Crippen LogP contribution in [0.1, 0.15) is 46.2 Å². The SMILES string of the molecule is Cc1c(C)c(O)c2c3c(c(O)c(O)c2c1O)C(C)c1c(c(=O)c2c(=O)c(C)c(C)c(=O)c=2c1=O)O3. The first-order valence-corrected chi connectivity index (χ1v) is 10.8. The molecule has 9 nitrogen and oxygen atoms in total. The van der Waals surface area contributed by atoms with Crippen molar-refractivity contribution in [2.75, 3.05) is 0 Å². The first-order chi connectivity index (χ1) is 16.3. The maximum atomic E-state index is 13.5. The molecule has 0 spiro atoms. The average Bonchev–Trinajstić information content (AvgIpc) is 2.82. The van der Waals surface area contributed by atoms with Crippen LogP contribution in [0.3, 0.4) is 0 Å². The number of ether oxygens (including phenoxy) is 1. The number of phenolic OH excluding ortho intramolecular Hbond substituents is 4. The summed E-state index contributed by atoms with van der Waals surface area (Å²) in [6.45, 7) is 7.27. The number of aromatic hydroxyl groups is 4. The van der Waals surface area contributed by atoms with E-state index in [0.717, 1.165) is 0 Å². The molecule has 2 aliphatic carbocycles. The molecule has 9 heteroatoms. The Kier molecular flexibility index (Phi) is 4.36. The second-order valence-corrected chi connectivity index (χ2v) is 9.02. The zero-order valence-corrected chi connectivity index (χ0v) is 19.4. The fraction of sp³-hybridized carbons (Fsp3) is 0.231. The van der Waals surface area contributed by atoms with Crippen LogP contribution in [0.25, 0.3) is 10.8 Å². The Bertz CT molecular complexity index is 1940. The van der Waals surface area contributed by atoms with Crippen LogP contribution in [-0.4, -0.2) is 20.4 Å². The van der Waals surface area contributed by atoms with E-state index >= 15 is 0 Å². The van der Waals surface area contributed by atoms with E-state index in [0.29, 0.717) is 0 Å². The second kappa shape index (κ2) is 6.82. The summed E-state index contributed by atoms with van der Waals surface area (Å²) in [5, 5.41) is 41.6. The van der Waals surface area contributed by atoms with Crippen molar-refractivity contribution in [3.63, 3.8) is 0 Å². The van der Waals surface area contributed by atoms with Gasteiger partial charge >= 0.3 is 0 Å². The van der Waals surface area contributed by atoms with E-state index in [9.17, 15) is 39.6 Å². The average molecular weight is 476 g/mol. The van der Waals surface area contributed by atoms with Crippen molar-refractivity contribution in [2.24, 2.45) is 0 Å². The van der Waals surface area contributed by atoms with Gasteiger partial charge in [-0.3, -0.25) is 19.2 Å². The molecule has 1 unspecified atom stereocenters. The third-order valence-electron chi connectivity index (χ3n) is 7.35. The Morgan fingerprint density at radius 1 is 0.543 bits per heavy atom. The van der Waals surface area contributed by atoms with Crippen LogP contribution in [0.5, 0.6) is 34.5 Å². The van der Waals surface area contributed by atoms with E-state index in [1.54, 1.807) is 0 Å². The smallest absolute Gasteiger partial charge is 0.233 e. The van der Waals surface area contributed by atoms with E-state index in [1.165, 1.54) is 34.6 Å². The van der Waals surface area contributed by atoms with Gasteiger partial charge in [0.2, 0.25) is 5.43 Å². The quantitative estimate of drug-likeness (QED) is 0.220. The Morgan fingerprint density at radius 2 is 1.03 bits per heavy atom. The lowest BCUT2D eigenvalue weighted by molar-refractivity contribution is 0.383. The van der Waals surface area contributed by atoms with Crippen LogP contribution in [0.2, 0.25) is 0 Å². The van der Waals surface area contributed by atoms with Gasteiger partial charge in [0.25, 0.3) is 0 Å². The normalized spacial score (nSPS) is 14.7. The van der Waals surface area contributed by atoms with Crippen molar-refractivity contribution in [1.29, 1.82) is 0 Å². The van der Waals surface area contributed by atoms with Crippen LogP contribution in [0.4, 0.5) is 0 Å². The highest BCUT2D eigenvalue weighted by molar-refractivity contribution is 6.06. The Balaban J connectivity index is 2.06. The highest BCUT2D eigenvalue weighted by Crippen LogP contribution is 2.58. The van der Waals surface area contributed by atoms with Crippen molar-refractivity contribution in [3.8, 4) is 34.5 Å². The molecule has 0 radical (unpaired) electrons. The molecule has 0 saturated carbocycles. The monoisotopic (exact) mass is 476 g/mol. The minimum absolute atomic E-state index is 0.0462. The molecule has 1 heterocycles. The fourth-order valence-electron chi connectivity index (χ4n) is 5.01. The van der Waals surface area contributed by atoms with Crippen LogP contribution < -0.4 is 26.5 Å². The lowest BCUT2D eigenvalue weighted by Crippen LogP contribution is -2.35. The Hall–Kier alpha value is -4.40. The molecule has 3 aliphatic rings. The summed E-state index contributed by atoms with van der Waals surface area (Å²) < 4.78 is 5.82. The molecule has 2 aromatic carbocycles. The zero-order valence-electron chi connectivity index (χ0n) is 19.4. The van der Waals surface area contributed by atoms with E-state index in [2.05, 4.69) is 0 Å². The first-order valence-electron chi connectivity index (χ1n) is 10.8. The van der Waals surface area contributed by atoms with Gasteiger partial charge in [-0.15, -0.1) is 0 Å². The molecule has 1 atom stereocenters. The van der Waals surface area contributed by atoms with Crippen LogP contribution in [0.15, 0.2) is 19.2 Å². The molecule has 1 aliphatic heterocycles. The van der Waals surface area contributed by atoms with Gasteiger partial charge in [-0.25, -0.2) is 0 Å². The van der Waals surface area contributed by atoms with Crippen LogP contribution in [0, 0.1) is 38.1 Å². The van der Waals surface area contributed by atoms with E-state index in [-0.39, 0.29) is 55.7 Å². The lowest BCUT2D eigenvalue weighted by Gasteiger charge is -2.28. The highest BCUT2D eigenvalue weighted by Gasteiger charge is 2.38.